The van der Waals surface area contributed by atoms with E-state index in [1.165, 1.54) is 12.1 Å². The zero-order chi connectivity index (χ0) is 16.2. The summed E-state index contributed by atoms with van der Waals surface area (Å²) >= 11 is 0. The Morgan fingerprint density at radius 3 is 2.23 bits per heavy atom. The molecule has 2 rings (SSSR count). The van der Waals surface area contributed by atoms with Gasteiger partial charge in [0.15, 0.2) is 0 Å². The lowest BCUT2D eigenvalue weighted by atomic mass is 10.2. The van der Waals surface area contributed by atoms with Gasteiger partial charge in [0.25, 0.3) is 0 Å². The highest BCUT2D eigenvalue weighted by Gasteiger charge is 2.30. The second-order valence-corrected chi connectivity index (χ2v) is 4.52. The lowest BCUT2D eigenvalue weighted by molar-refractivity contribution is -0.274. The molecule has 0 fully saturated rings. The van der Waals surface area contributed by atoms with Crippen LogP contribution >= 0.6 is 0 Å². The first-order valence-electron chi connectivity index (χ1n) is 6.32. The van der Waals surface area contributed by atoms with Crippen LogP contribution in [-0.2, 0) is 0 Å². The molecule has 0 spiro atoms. The van der Waals surface area contributed by atoms with E-state index in [1.807, 2.05) is 13.0 Å². The predicted molar refractivity (Wildman–Crippen MR) is 76.9 cm³/mol. The molecule has 0 atom stereocenters. The van der Waals surface area contributed by atoms with E-state index in [0.717, 1.165) is 17.7 Å². The number of halogens is 3. The fraction of sp³-hybridized carbons (Fsp3) is 0.133. The van der Waals surface area contributed by atoms with E-state index in [0.29, 0.717) is 11.4 Å². The van der Waals surface area contributed by atoms with Crippen LogP contribution in [0.3, 0.4) is 0 Å². The lowest BCUT2D eigenvalue weighted by Crippen LogP contribution is -2.19. The van der Waals surface area contributed by atoms with Crippen molar-refractivity contribution in [1.29, 1.82) is 0 Å². The fourth-order valence-corrected chi connectivity index (χ4v) is 1.76. The second-order valence-electron chi connectivity index (χ2n) is 4.52. The van der Waals surface area contributed by atoms with Gasteiger partial charge in [0.1, 0.15) is 5.75 Å². The van der Waals surface area contributed by atoms with Crippen LogP contribution in [0.15, 0.2) is 48.5 Å². The zero-order valence-electron chi connectivity index (χ0n) is 11.6. The third-order valence-electron chi connectivity index (χ3n) is 2.62. The Labute approximate surface area is 124 Å². The third-order valence-corrected chi connectivity index (χ3v) is 2.62. The number of ether oxygens (including phenoxy) is 1. The molecule has 2 aromatic rings. The van der Waals surface area contributed by atoms with Gasteiger partial charge in [0.2, 0.25) is 0 Å². The summed E-state index contributed by atoms with van der Waals surface area (Å²) in [7, 11) is 0. The number of carbonyl (C=O) groups excluding carboxylic acids is 1. The van der Waals surface area contributed by atoms with Crippen molar-refractivity contribution in [3.8, 4) is 5.75 Å². The molecule has 0 radical (unpaired) electrons. The maximum atomic E-state index is 12.0. The van der Waals surface area contributed by atoms with Crippen molar-refractivity contribution >= 4 is 17.4 Å². The number of benzene rings is 2. The van der Waals surface area contributed by atoms with Gasteiger partial charge in [-0.05, 0) is 48.9 Å². The summed E-state index contributed by atoms with van der Waals surface area (Å²) in [6.07, 6.45) is -4.74. The summed E-state index contributed by atoms with van der Waals surface area (Å²) in [5.74, 6) is -0.350. The molecule has 2 amide bonds. The van der Waals surface area contributed by atoms with Crippen molar-refractivity contribution in [1.82, 2.24) is 0 Å². The highest BCUT2D eigenvalue weighted by molar-refractivity contribution is 5.99. The largest absolute Gasteiger partial charge is 0.573 e. The number of alkyl halides is 3. The highest BCUT2D eigenvalue weighted by Crippen LogP contribution is 2.24. The number of carbonyl (C=O) groups is 1. The summed E-state index contributed by atoms with van der Waals surface area (Å²) < 4.78 is 39.8. The molecular formula is C15H13F3N2O2. The molecule has 0 aliphatic carbocycles. The van der Waals surface area contributed by atoms with Gasteiger partial charge in [0.05, 0.1) is 0 Å². The minimum Gasteiger partial charge on any atom is -0.406 e. The van der Waals surface area contributed by atoms with E-state index >= 15 is 0 Å². The smallest absolute Gasteiger partial charge is 0.406 e. The van der Waals surface area contributed by atoms with E-state index in [-0.39, 0.29) is 5.75 Å². The van der Waals surface area contributed by atoms with Crippen LogP contribution in [0.1, 0.15) is 5.56 Å². The van der Waals surface area contributed by atoms with Crippen molar-refractivity contribution in [3.63, 3.8) is 0 Å². The molecule has 0 bridgehead atoms. The van der Waals surface area contributed by atoms with E-state index in [1.54, 1.807) is 18.2 Å². The minimum absolute atomic E-state index is 0.347. The van der Waals surface area contributed by atoms with Gasteiger partial charge >= 0.3 is 12.4 Å². The Morgan fingerprint density at radius 2 is 1.64 bits per heavy atom. The monoisotopic (exact) mass is 310 g/mol. The van der Waals surface area contributed by atoms with Crippen LogP contribution in [-0.4, -0.2) is 12.4 Å². The maximum absolute atomic E-state index is 12.0. The molecule has 0 aliphatic rings. The van der Waals surface area contributed by atoms with Crippen LogP contribution in [0.5, 0.6) is 5.75 Å². The van der Waals surface area contributed by atoms with Gasteiger partial charge in [-0.25, -0.2) is 4.79 Å². The molecule has 0 saturated heterocycles. The number of hydrogen-bond donors (Lipinski definition) is 2. The fourth-order valence-electron chi connectivity index (χ4n) is 1.76. The Kier molecular flexibility index (Phi) is 4.55. The first kappa shape index (κ1) is 15.7. The van der Waals surface area contributed by atoms with Gasteiger partial charge in [-0.2, -0.15) is 0 Å². The van der Waals surface area contributed by atoms with Gasteiger partial charge < -0.3 is 15.4 Å². The zero-order valence-corrected chi connectivity index (χ0v) is 11.6. The van der Waals surface area contributed by atoms with Crippen LogP contribution in [0.2, 0.25) is 0 Å². The van der Waals surface area contributed by atoms with E-state index in [2.05, 4.69) is 15.4 Å². The number of amides is 2. The molecule has 0 saturated carbocycles. The van der Waals surface area contributed by atoms with E-state index in [4.69, 9.17) is 0 Å². The van der Waals surface area contributed by atoms with Gasteiger partial charge in [0, 0.05) is 11.4 Å². The summed E-state index contributed by atoms with van der Waals surface area (Å²) in [6.45, 7) is 1.89. The molecule has 22 heavy (non-hydrogen) atoms. The number of rotatable bonds is 3. The molecule has 4 nitrogen and oxygen atoms in total. The summed E-state index contributed by atoms with van der Waals surface area (Å²) in [5, 5.41) is 5.14. The lowest BCUT2D eigenvalue weighted by Gasteiger charge is -2.10. The molecule has 0 heterocycles. The first-order valence-corrected chi connectivity index (χ1v) is 6.32. The molecule has 0 unspecified atom stereocenters. The standard InChI is InChI=1S/C15H13F3N2O2/c1-10-3-2-4-12(9-10)20-14(21)19-11-5-7-13(8-6-11)22-15(16,17)18/h2-9H,1H3,(H2,19,20,21). The van der Waals surface area contributed by atoms with Crippen molar-refractivity contribution < 1.29 is 22.7 Å². The average Bonchev–Trinajstić information content (AvgIpc) is 2.39. The van der Waals surface area contributed by atoms with Gasteiger partial charge in [-0.1, -0.05) is 12.1 Å². The van der Waals surface area contributed by atoms with Gasteiger partial charge in [-0.3, -0.25) is 0 Å². The third kappa shape index (κ3) is 5.01. The second kappa shape index (κ2) is 6.38. The molecule has 2 N–H and O–H groups in total. The quantitative estimate of drug-likeness (QED) is 0.874. The molecule has 2 aromatic carbocycles. The Bertz CT molecular complexity index is 655. The van der Waals surface area contributed by atoms with Crippen LogP contribution in [0, 0.1) is 6.92 Å². The summed E-state index contributed by atoms with van der Waals surface area (Å²) in [5.41, 5.74) is 1.96. The van der Waals surface area contributed by atoms with Crippen molar-refractivity contribution in [2.75, 3.05) is 10.6 Å². The average molecular weight is 310 g/mol. The van der Waals surface area contributed by atoms with Crippen LogP contribution < -0.4 is 15.4 Å². The molecule has 0 aliphatic heterocycles. The molecular weight excluding hydrogens is 297 g/mol. The van der Waals surface area contributed by atoms with Crippen LogP contribution in [0.4, 0.5) is 29.3 Å². The number of anilines is 2. The van der Waals surface area contributed by atoms with Crippen molar-refractivity contribution in [2.45, 2.75) is 13.3 Å². The highest BCUT2D eigenvalue weighted by atomic mass is 19.4. The van der Waals surface area contributed by atoms with Gasteiger partial charge in [-0.15, -0.1) is 13.2 Å². The van der Waals surface area contributed by atoms with Crippen molar-refractivity contribution in [2.24, 2.45) is 0 Å². The number of nitrogens with one attached hydrogen (secondary N) is 2. The predicted octanol–water partition coefficient (Wildman–Crippen LogP) is 4.54. The van der Waals surface area contributed by atoms with Crippen molar-refractivity contribution in [3.05, 3.63) is 54.1 Å². The number of aryl methyl sites for hydroxylation is 1. The minimum atomic E-state index is -4.74. The Morgan fingerprint density at radius 1 is 1.00 bits per heavy atom. The summed E-state index contributed by atoms with van der Waals surface area (Å²) in [4.78, 5) is 11.8. The normalized spacial score (nSPS) is 10.9. The molecule has 7 heteroatoms. The van der Waals surface area contributed by atoms with Crippen LogP contribution in [0.25, 0.3) is 0 Å². The molecule has 116 valence electrons. The van der Waals surface area contributed by atoms with E-state index < -0.39 is 12.4 Å². The first-order chi connectivity index (χ1) is 10.3. The van der Waals surface area contributed by atoms with E-state index in [9.17, 15) is 18.0 Å². The topological polar surface area (TPSA) is 50.4 Å². The molecule has 0 aromatic heterocycles. The maximum Gasteiger partial charge on any atom is 0.573 e. The Hall–Kier alpha value is -2.70. The summed E-state index contributed by atoms with van der Waals surface area (Å²) in [6, 6.07) is 11.6. The SMILES string of the molecule is Cc1cccc(NC(=O)Nc2ccc(OC(F)(F)F)cc2)c1. The Balaban J connectivity index is 1.94. The number of urea groups is 1. The number of hydrogen-bond acceptors (Lipinski definition) is 2.